The summed E-state index contributed by atoms with van der Waals surface area (Å²) in [7, 11) is 0. The van der Waals surface area contributed by atoms with Gasteiger partial charge in [-0.2, -0.15) is 0 Å². The highest BCUT2D eigenvalue weighted by Crippen LogP contribution is 2.29. The minimum atomic E-state index is -1.73. The van der Waals surface area contributed by atoms with E-state index in [-0.39, 0.29) is 11.0 Å². The van der Waals surface area contributed by atoms with Gasteiger partial charge in [-0.05, 0) is 30.8 Å². The Labute approximate surface area is 150 Å². The fourth-order valence-electron chi connectivity index (χ4n) is 1.59. The molecule has 0 saturated heterocycles. The van der Waals surface area contributed by atoms with Crippen molar-refractivity contribution in [1.29, 1.82) is 0 Å². The summed E-state index contributed by atoms with van der Waals surface area (Å²) in [4.78, 5) is 11.8. The molecule has 1 rings (SSSR count). The van der Waals surface area contributed by atoms with Crippen LogP contribution in [0.1, 0.15) is 26.2 Å². The second-order valence-corrected chi connectivity index (χ2v) is 7.39. The standard InChI is InChI=1S/C14H18Cl3N3OS/c1-2-3-9-11(21)19-12(14(15,16)17)20-13(22)18-10-7-5-4-6-8-10/h4-8,12H,2-3,9H2,1H3,(H,19,21)(H2,18,20,22)/t12-/m0/s1. The number of nitrogens with one attached hydrogen (secondary N) is 3. The molecule has 4 nitrogen and oxygen atoms in total. The largest absolute Gasteiger partial charge is 0.339 e. The lowest BCUT2D eigenvalue weighted by molar-refractivity contribution is -0.122. The lowest BCUT2D eigenvalue weighted by Gasteiger charge is -2.27. The fourth-order valence-corrected chi connectivity index (χ4v) is 2.15. The maximum Gasteiger partial charge on any atom is 0.228 e. The highest BCUT2D eigenvalue weighted by Gasteiger charge is 2.34. The van der Waals surface area contributed by atoms with Gasteiger partial charge < -0.3 is 16.0 Å². The Kier molecular flexibility index (Phi) is 8.25. The molecule has 0 aromatic heterocycles. The van der Waals surface area contributed by atoms with Crippen LogP contribution in [0.2, 0.25) is 0 Å². The van der Waals surface area contributed by atoms with Crippen LogP contribution in [-0.2, 0) is 4.79 Å². The molecule has 0 radical (unpaired) electrons. The van der Waals surface area contributed by atoms with Gasteiger partial charge in [0.1, 0.15) is 6.17 Å². The summed E-state index contributed by atoms with van der Waals surface area (Å²) in [5.41, 5.74) is 0.792. The summed E-state index contributed by atoms with van der Waals surface area (Å²) in [5.74, 6) is -0.201. The van der Waals surface area contributed by atoms with Gasteiger partial charge in [-0.3, -0.25) is 4.79 Å². The van der Waals surface area contributed by atoms with Gasteiger partial charge in [0.05, 0.1) is 0 Å². The number of carbonyl (C=O) groups is 1. The number of hydrogen-bond donors (Lipinski definition) is 3. The molecule has 0 bridgehead atoms. The van der Waals surface area contributed by atoms with Crippen molar-refractivity contribution in [2.45, 2.75) is 36.1 Å². The highest BCUT2D eigenvalue weighted by molar-refractivity contribution is 7.80. The van der Waals surface area contributed by atoms with Crippen LogP contribution >= 0.6 is 47.0 Å². The molecule has 0 saturated carbocycles. The first-order chi connectivity index (χ1) is 10.3. The second-order valence-electron chi connectivity index (χ2n) is 4.61. The first-order valence-corrected chi connectivity index (χ1v) is 8.35. The third kappa shape index (κ3) is 7.49. The molecule has 1 aromatic carbocycles. The Morgan fingerprint density at radius 1 is 1.23 bits per heavy atom. The molecule has 0 aliphatic rings. The minimum absolute atomic E-state index is 0.201. The maximum atomic E-state index is 11.8. The average Bonchev–Trinajstić information content (AvgIpc) is 2.44. The zero-order valence-electron chi connectivity index (χ0n) is 12.0. The quantitative estimate of drug-likeness (QED) is 0.396. The van der Waals surface area contributed by atoms with Crippen molar-refractivity contribution < 1.29 is 4.79 Å². The Balaban J connectivity index is 2.61. The van der Waals surface area contributed by atoms with E-state index in [1.165, 1.54) is 0 Å². The van der Waals surface area contributed by atoms with Gasteiger partial charge in [0, 0.05) is 12.1 Å². The number of unbranched alkanes of at least 4 members (excludes halogenated alkanes) is 1. The molecule has 0 aliphatic carbocycles. The topological polar surface area (TPSA) is 53.2 Å². The van der Waals surface area contributed by atoms with E-state index in [1.807, 2.05) is 37.3 Å². The first-order valence-electron chi connectivity index (χ1n) is 6.81. The first kappa shape index (κ1) is 19.3. The maximum absolute atomic E-state index is 11.8. The van der Waals surface area contributed by atoms with Crippen LogP contribution in [0.3, 0.4) is 0 Å². The van der Waals surface area contributed by atoms with Crippen molar-refractivity contribution in [3.63, 3.8) is 0 Å². The lowest BCUT2D eigenvalue weighted by atomic mass is 10.2. The van der Waals surface area contributed by atoms with Gasteiger partial charge in [0.2, 0.25) is 9.70 Å². The predicted molar refractivity (Wildman–Crippen MR) is 97.5 cm³/mol. The number of alkyl halides is 3. The van der Waals surface area contributed by atoms with Crippen molar-refractivity contribution in [3.05, 3.63) is 30.3 Å². The molecule has 0 fully saturated rings. The third-order valence-electron chi connectivity index (χ3n) is 2.70. The summed E-state index contributed by atoms with van der Waals surface area (Å²) in [6, 6.07) is 9.31. The molecule has 0 heterocycles. The number of carbonyl (C=O) groups excluding carboxylic acids is 1. The smallest absolute Gasteiger partial charge is 0.228 e. The van der Waals surface area contributed by atoms with Gasteiger partial charge in [0.25, 0.3) is 0 Å². The molecule has 0 unspecified atom stereocenters. The number of anilines is 1. The monoisotopic (exact) mass is 381 g/mol. The molecule has 3 N–H and O–H groups in total. The summed E-state index contributed by atoms with van der Waals surface area (Å²) < 4.78 is -1.73. The minimum Gasteiger partial charge on any atom is -0.339 e. The summed E-state index contributed by atoms with van der Waals surface area (Å²) in [6.07, 6.45) is 1.12. The third-order valence-corrected chi connectivity index (χ3v) is 3.57. The van der Waals surface area contributed by atoms with E-state index >= 15 is 0 Å². The van der Waals surface area contributed by atoms with Crippen molar-refractivity contribution in [3.8, 4) is 0 Å². The van der Waals surface area contributed by atoms with Gasteiger partial charge in [-0.15, -0.1) is 0 Å². The van der Waals surface area contributed by atoms with E-state index in [1.54, 1.807) is 0 Å². The van der Waals surface area contributed by atoms with Crippen molar-refractivity contribution in [2.75, 3.05) is 5.32 Å². The number of amides is 1. The van der Waals surface area contributed by atoms with Crippen LogP contribution < -0.4 is 16.0 Å². The molecule has 1 amide bonds. The zero-order valence-corrected chi connectivity index (χ0v) is 15.1. The summed E-state index contributed by atoms with van der Waals surface area (Å²) in [5, 5.41) is 8.64. The van der Waals surface area contributed by atoms with E-state index in [4.69, 9.17) is 47.0 Å². The predicted octanol–water partition coefficient (Wildman–Crippen LogP) is 3.98. The zero-order chi connectivity index (χ0) is 16.6. The molecule has 122 valence electrons. The molecule has 0 aliphatic heterocycles. The van der Waals surface area contributed by atoms with E-state index < -0.39 is 9.96 Å². The number of rotatable bonds is 6. The molecular formula is C14H18Cl3N3OS. The Hall–Kier alpha value is -0.750. The van der Waals surface area contributed by atoms with E-state index in [0.29, 0.717) is 6.42 Å². The number of thiocarbonyl (C=S) groups is 1. The lowest BCUT2D eigenvalue weighted by Crippen LogP contribution is -2.56. The highest BCUT2D eigenvalue weighted by atomic mass is 35.6. The van der Waals surface area contributed by atoms with Crippen molar-refractivity contribution in [1.82, 2.24) is 10.6 Å². The number of para-hydroxylation sites is 1. The van der Waals surface area contributed by atoms with E-state index in [9.17, 15) is 4.79 Å². The Bertz CT molecular complexity index is 494. The molecule has 1 aromatic rings. The van der Waals surface area contributed by atoms with Crippen molar-refractivity contribution in [2.24, 2.45) is 0 Å². The Morgan fingerprint density at radius 2 is 1.86 bits per heavy atom. The molecule has 0 spiro atoms. The van der Waals surface area contributed by atoms with Crippen LogP contribution in [0.25, 0.3) is 0 Å². The van der Waals surface area contributed by atoms with Gasteiger partial charge in [0.15, 0.2) is 5.11 Å². The van der Waals surface area contributed by atoms with Crippen molar-refractivity contribution >= 4 is 63.7 Å². The summed E-state index contributed by atoms with van der Waals surface area (Å²) >= 11 is 22.8. The SMILES string of the molecule is CCCCC(=O)N[C@@H](NC(=S)Nc1ccccc1)C(Cl)(Cl)Cl. The summed E-state index contributed by atoms with van der Waals surface area (Å²) in [6.45, 7) is 2.00. The van der Waals surface area contributed by atoms with E-state index in [2.05, 4.69) is 16.0 Å². The number of benzene rings is 1. The van der Waals surface area contributed by atoms with Crippen LogP contribution in [0, 0.1) is 0 Å². The molecule has 22 heavy (non-hydrogen) atoms. The second kappa shape index (κ2) is 9.40. The van der Waals surface area contributed by atoms with Crippen LogP contribution in [-0.4, -0.2) is 21.0 Å². The van der Waals surface area contributed by atoms with Crippen LogP contribution in [0.4, 0.5) is 5.69 Å². The van der Waals surface area contributed by atoms with Gasteiger partial charge >= 0.3 is 0 Å². The molecular weight excluding hydrogens is 365 g/mol. The van der Waals surface area contributed by atoms with Gasteiger partial charge in [-0.1, -0.05) is 66.3 Å². The number of hydrogen-bond acceptors (Lipinski definition) is 2. The Morgan fingerprint density at radius 3 is 2.41 bits per heavy atom. The average molecular weight is 383 g/mol. The van der Waals surface area contributed by atoms with E-state index in [0.717, 1.165) is 18.5 Å². The van der Waals surface area contributed by atoms with Crippen LogP contribution in [0.15, 0.2) is 30.3 Å². The molecule has 1 atom stereocenters. The fraction of sp³-hybridized carbons (Fsp3) is 0.429. The van der Waals surface area contributed by atoms with Gasteiger partial charge in [-0.25, -0.2) is 0 Å². The molecule has 8 heteroatoms. The van der Waals surface area contributed by atoms with Crippen LogP contribution in [0.5, 0.6) is 0 Å². The normalized spacial score (nSPS) is 12.4. The number of halogens is 3.